The summed E-state index contributed by atoms with van der Waals surface area (Å²) >= 11 is 0. The number of hydrogen-bond acceptors (Lipinski definition) is 14. The Bertz CT molecular complexity index is 1450. The molecule has 1 saturated heterocycles. The minimum Gasteiger partial charge on any atom is -0.469 e. The van der Waals surface area contributed by atoms with Gasteiger partial charge >= 0.3 is 35.8 Å². The number of aliphatic hydroxyl groups is 1. The Morgan fingerprint density at radius 1 is 0.776 bits per heavy atom. The lowest BCUT2D eigenvalue weighted by Crippen LogP contribution is -2.84. The van der Waals surface area contributed by atoms with Crippen LogP contribution in [0.4, 0.5) is 0 Å². The van der Waals surface area contributed by atoms with E-state index in [9.17, 15) is 33.9 Å². The Hall–Kier alpha value is -4.04. The minimum atomic E-state index is -2.04. The molecule has 14 nitrogen and oxygen atoms in total. The third kappa shape index (κ3) is 6.77. The van der Waals surface area contributed by atoms with E-state index in [2.05, 4.69) is 0 Å². The number of ether oxygens (including phenoxy) is 7. The molecule has 2 saturated carbocycles. The van der Waals surface area contributed by atoms with Crippen molar-refractivity contribution < 1.29 is 67.0 Å². The number of carbonyl (C=O) groups is 6. The Kier molecular flexibility index (Phi) is 10.8. The highest BCUT2D eigenvalue weighted by Crippen LogP contribution is 2.71. The van der Waals surface area contributed by atoms with Crippen LogP contribution in [0.5, 0.6) is 0 Å². The van der Waals surface area contributed by atoms with Crippen LogP contribution in [0.3, 0.4) is 0 Å². The lowest BCUT2D eigenvalue weighted by atomic mass is 9.44. The quantitative estimate of drug-likeness (QED) is 0.203. The molecule has 270 valence electrons. The van der Waals surface area contributed by atoms with Crippen molar-refractivity contribution in [2.24, 2.45) is 11.3 Å². The first-order chi connectivity index (χ1) is 22.8. The highest BCUT2D eigenvalue weighted by atomic mass is 16.6. The molecular weight excluding hydrogens is 644 g/mol. The molecule has 14 heteroatoms. The van der Waals surface area contributed by atoms with Gasteiger partial charge < -0.3 is 38.3 Å². The van der Waals surface area contributed by atoms with Crippen molar-refractivity contribution in [2.75, 3.05) is 7.11 Å². The van der Waals surface area contributed by atoms with Gasteiger partial charge in [-0.15, -0.1) is 0 Å². The van der Waals surface area contributed by atoms with E-state index in [4.69, 9.17) is 33.2 Å². The number of carbonyl (C=O) groups excluding carboxylic acids is 6. The summed E-state index contributed by atoms with van der Waals surface area (Å²) in [6.07, 6.45) is -7.37. The molecule has 3 aliphatic rings. The maximum Gasteiger partial charge on any atom is 0.338 e. The molecule has 1 spiro atoms. The van der Waals surface area contributed by atoms with Crippen molar-refractivity contribution in [1.82, 2.24) is 0 Å². The normalized spacial score (nSPS) is 34.1. The van der Waals surface area contributed by atoms with E-state index >= 15 is 0 Å². The monoisotopic (exact) mass is 690 g/mol. The van der Waals surface area contributed by atoms with Gasteiger partial charge in [0.25, 0.3) is 0 Å². The second-order valence-electron chi connectivity index (χ2n) is 13.7. The maximum absolute atomic E-state index is 14.0. The average molecular weight is 691 g/mol. The minimum absolute atomic E-state index is 0.0221. The van der Waals surface area contributed by atoms with Gasteiger partial charge in [-0.2, -0.15) is 0 Å². The summed E-state index contributed by atoms with van der Waals surface area (Å²) < 4.78 is 42.0. The number of benzene rings is 1. The van der Waals surface area contributed by atoms with E-state index in [1.165, 1.54) is 33.1 Å². The predicted octanol–water partition coefficient (Wildman–Crippen LogP) is 2.99. The van der Waals surface area contributed by atoms with Gasteiger partial charge in [0.05, 0.1) is 35.2 Å². The third-order valence-electron chi connectivity index (χ3n) is 9.95. The summed E-state index contributed by atoms with van der Waals surface area (Å²) in [4.78, 5) is 77.5. The Labute approximate surface area is 285 Å². The Morgan fingerprint density at radius 3 is 1.90 bits per heavy atom. The van der Waals surface area contributed by atoms with Crippen LogP contribution in [0.1, 0.15) is 90.9 Å². The third-order valence-corrected chi connectivity index (χ3v) is 9.95. The number of fused-ring (bicyclic) bond motifs is 1. The zero-order chi connectivity index (χ0) is 36.5. The molecule has 49 heavy (non-hydrogen) atoms. The Morgan fingerprint density at radius 2 is 1.35 bits per heavy atom. The van der Waals surface area contributed by atoms with E-state index in [0.29, 0.717) is 0 Å². The van der Waals surface area contributed by atoms with Gasteiger partial charge in [-0.25, -0.2) is 4.79 Å². The smallest absolute Gasteiger partial charge is 0.338 e. The highest BCUT2D eigenvalue weighted by Gasteiger charge is 2.88. The topological polar surface area (TPSA) is 187 Å². The molecule has 2 aliphatic carbocycles. The van der Waals surface area contributed by atoms with Crippen molar-refractivity contribution in [1.29, 1.82) is 0 Å². The number of unbranched alkanes of at least 4 members (excludes halogenated alkanes) is 1. The van der Waals surface area contributed by atoms with Crippen LogP contribution >= 0.6 is 0 Å². The first-order valence-electron chi connectivity index (χ1n) is 16.3. The molecule has 0 radical (unpaired) electrons. The van der Waals surface area contributed by atoms with Gasteiger partial charge in [-0.1, -0.05) is 24.6 Å². The van der Waals surface area contributed by atoms with E-state index in [0.717, 1.165) is 20.8 Å². The molecule has 0 aromatic heterocycles. The number of rotatable bonds is 11. The molecule has 1 aromatic rings. The molecule has 4 rings (SSSR count). The zero-order valence-corrected chi connectivity index (χ0v) is 29.1. The van der Waals surface area contributed by atoms with Crippen LogP contribution in [0.2, 0.25) is 0 Å². The van der Waals surface area contributed by atoms with Gasteiger partial charge in [0, 0.05) is 40.5 Å². The van der Waals surface area contributed by atoms with Crippen LogP contribution in [-0.2, 0) is 57.1 Å². The number of esters is 6. The van der Waals surface area contributed by atoms with Gasteiger partial charge in [0.1, 0.15) is 23.9 Å². The number of methoxy groups -OCH3 is 1. The molecule has 1 heterocycles. The average Bonchev–Trinajstić information content (AvgIpc) is 3.19. The summed E-state index contributed by atoms with van der Waals surface area (Å²) in [6, 6.07) is 7.99. The molecule has 0 amide bonds. The molecule has 0 unspecified atom stereocenters. The lowest BCUT2D eigenvalue weighted by Gasteiger charge is -2.67. The summed E-state index contributed by atoms with van der Waals surface area (Å²) in [5.74, 6) is -5.47. The fourth-order valence-electron chi connectivity index (χ4n) is 8.58. The molecule has 2 bridgehead atoms. The molecule has 1 aromatic carbocycles. The van der Waals surface area contributed by atoms with Crippen LogP contribution < -0.4 is 0 Å². The van der Waals surface area contributed by atoms with Crippen molar-refractivity contribution in [3.63, 3.8) is 0 Å². The molecule has 3 fully saturated rings. The molecule has 9 atom stereocenters. The largest absolute Gasteiger partial charge is 0.469 e. The fraction of sp³-hybridized carbons (Fsp3) is 0.657. The summed E-state index contributed by atoms with van der Waals surface area (Å²) in [5.41, 5.74) is -7.25. The summed E-state index contributed by atoms with van der Waals surface area (Å²) in [6.45, 7) is 9.37. The van der Waals surface area contributed by atoms with Crippen molar-refractivity contribution >= 4 is 35.8 Å². The molecule has 1 N–H and O–H groups in total. The fourth-order valence-corrected chi connectivity index (χ4v) is 8.58. The summed E-state index contributed by atoms with van der Waals surface area (Å²) in [5, 5.41) is 12.7. The Balaban J connectivity index is 2.13. The lowest BCUT2D eigenvalue weighted by molar-refractivity contribution is -0.358. The van der Waals surface area contributed by atoms with Crippen LogP contribution in [0.25, 0.3) is 0 Å². The second kappa shape index (κ2) is 14.1. The zero-order valence-electron chi connectivity index (χ0n) is 29.1. The highest BCUT2D eigenvalue weighted by molar-refractivity contribution is 5.89. The van der Waals surface area contributed by atoms with E-state index in [1.807, 2.05) is 0 Å². The SMILES string of the molecule is COC(=O)CCCC[C@]12[C@H](OC(=O)c3ccccc3)[C@@H](OC(C)=O)[C@@H]3[C@@H](OC(C)=O)[C@]1(OC3(C)C)[C@@](C)(O)C[C@H](OC(C)=O)[C@@H]2OC(C)=O. The van der Waals surface area contributed by atoms with E-state index in [1.54, 1.807) is 32.0 Å². The summed E-state index contributed by atoms with van der Waals surface area (Å²) in [7, 11) is 1.25. The van der Waals surface area contributed by atoms with Gasteiger partial charge in [0.2, 0.25) is 0 Å². The standard InChI is InChI=1S/C35H46O14/c1-19(36)44-24-18-33(7,42)35-29(47-22(4)39)26(32(5,6)49-35)27(45-20(2)37)30(48-31(41)23-14-10-9-11-15-23)34(35,28(24)46-21(3)38)17-13-12-16-25(40)43-8/h9-11,14-15,24,26-30,42H,12-13,16-18H2,1-8H3/t24-,26+,27-,28-,29+,30+,33-,34-,35-/m0/s1. The first kappa shape index (κ1) is 37.8. The predicted molar refractivity (Wildman–Crippen MR) is 167 cm³/mol. The van der Waals surface area contributed by atoms with Crippen molar-refractivity contribution in [3.8, 4) is 0 Å². The van der Waals surface area contributed by atoms with Crippen LogP contribution in [0.15, 0.2) is 30.3 Å². The van der Waals surface area contributed by atoms with Crippen LogP contribution in [-0.4, -0.2) is 95.4 Å². The van der Waals surface area contributed by atoms with Gasteiger partial charge in [-0.05, 0) is 45.7 Å². The van der Waals surface area contributed by atoms with E-state index in [-0.39, 0.29) is 37.7 Å². The van der Waals surface area contributed by atoms with Crippen LogP contribution in [0, 0.1) is 11.3 Å². The van der Waals surface area contributed by atoms with Gasteiger partial charge in [0.15, 0.2) is 12.2 Å². The molecule has 1 aliphatic heterocycles. The van der Waals surface area contributed by atoms with Gasteiger partial charge in [-0.3, -0.25) is 24.0 Å². The molecular formula is C35H46O14. The van der Waals surface area contributed by atoms with Crippen molar-refractivity contribution in [2.45, 2.75) is 128 Å². The first-order valence-corrected chi connectivity index (χ1v) is 16.3. The maximum atomic E-state index is 14.0. The second-order valence-corrected chi connectivity index (χ2v) is 13.7. The van der Waals surface area contributed by atoms with E-state index < -0.39 is 94.5 Å². The van der Waals surface area contributed by atoms with Crippen molar-refractivity contribution in [3.05, 3.63) is 35.9 Å². The number of hydrogen-bond donors (Lipinski definition) is 1.